The van der Waals surface area contributed by atoms with Gasteiger partial charge in [-0.05, 0) is 166 Å². The molecule has 1 aliphatic carbocycles. The third-order valence-electron chi connectivity index (χ3n) is 14.1. The number of nitrogens with zero attached hydrogens (tertiary/aromatic N) is 2. The molecule has 0 saturated heterocycles. The van der Waals surface area contributed by atoms with Crippen LogP contribution >= 0.6 is 0 Å². The van der Waals surface area contributed by atoms with Crippen LogP contribution in [0.15, 0.2) is 231 Å². The van der Waals surface area contributed by atoms with Gasteiger partial charge in [0.15, 0.2) is 0 Å². The van der Waals surface area contributed by atoms with Crippen LogP contribution < -0.4 is 9.80 Å². The largest absolute Gasteiger partial charge is 0.311 e. The van der Waals surface area contributed by atoms with E-state index in [2.05, 4.69) is 254 Å². The maximum atomic E-state index is 2.48. The molecule has 2 nitrogen and oxygen atoms in total. The Morgan fingerprint density at radius 1 is 0.308 bits per heavy atom. The molecular weight excluding hydrogens is 785 g/mol. The summed E-state index contributed by atoms with van der Waals surface area (Å²) in [6.07, 6.45) is 0. The van der Waals surface area contributed by atoms with Crippen LogP contribution in [-0.4, -0.2) is 0 Å². The lowest BCUT2D eigenvalue weighted by atomic mass is 9.77. The van der Waals surface area contributed by atoms with Crippen LogP contribution in [0.2, 0.25) is 0 Å². The van der Waals surface area contributed by atoms with Crippen LogP contribution in [0.4, 0.5) is 34.1 Å². The minimum Gasteiger partial charge on any atom is -0.311 e. The third kappa shape index (κ3) is 5.81. The van der Waals surface area contributed by atoms with E-state index in [0.717, 1.165) is 34.1 Å². The minimum absolute atomic E-state index is 0.275. The Bertz CT molecular complexity index is 3670. The maximum Gasteiger partial charge on any atom is 0.0468 e. The monoisotopic (exact) mass is 828 g/mol. The van der Waals surface area contributed by atoms with Crippen LogP contribution in [0.3, 0.4) is 0 Å². The molecule has 0 N–H and O–H groups in total. The number of hydrogen-bond acceptors (Lipinski definition) is 2. The number of rotatable bonds is 7. The number of benzene rings is 12. The van der Waals surface area contributed by atoms with E-state index < -0.39 is 0 Å². The Balaban J connectivity index is 0.971. The molecule has 0 heterocycles. The van der Waals surface area contributed by atoms with Crippen molar-refractivity contribution in [3.63, 3.8) is 0 Å². The first-order chi connectivity index (χ1) is 32.0. The molecule has 0 atom stereocenters. The first kappa shape index (κ1) is 37.4. The summed E-state index contributed by atoms with van der Waals surface area (Å²) in [5.74, 6) is 0. The molecule has 0 aromatic heterocycles. The molecule has 12 aromatic rings. The average molecular weight is 829 g/mol. The van der Waals surface area contributed by atoms with Crippen molar-refractivity contribution in [2.24, 2.45) is 0 Å². The zero-order valence-corrected chi connectivity index (χ0v) is 36.3. The number of hydrogen-bond donors (Lipinski definition) is 0. The second-order valence-corrected chi connectivity index (χ2v) is 18.1. The fourth-order valence-corrected chi connectivity index (χ4v) is 11.1. The van der Waals surface area contributed by atoms with Crippen LogP contribution in [-0.2, 0) is 5.41 Å². The summed E-state index contributed by atoms with van der Waals surface area (Å²) in [4.78, 5) is 4.77. The van der Waals surface area contributed by atoms with Gasteiger partial charge in [-0.15, -0.1) is 0 Å². The summed E-state index contributed by atoms with van der Waals surface area (Å²) in [5, 5.41) is 12.8. The highest BCUT2D eigenvalue weighted by atomic mass is 15.1. The zero-order valence-electron chi connectivity index (χ0n) is 36.3. The van der Waals surface area contributed by atoms with Gasteiger partial charge in [0, 0.05) is 39.5 Å². The summed E-state index contributed by atoms with van der Waals surface area (Å²) in [7, 11) is 0. The lowest BCUT2D eigenvalue weighted by Crippen LogP contribution is -2.17. The van der Waals surface area contributed by atoms with Crippen molar-refractivity contribution in [3.05, 3.63) is 242 Å². The minimum atomic E-state index is -0.275. The van der Waals surface area contributed by atoms with Gasteiger partial charge in [0.25, 0.3) is 0 Å². The highest BCUT2D eigenvalue weighted by molar-refractivity contribution is 6.31. The quantitative estimate of drug-likeness (QED) is 0.148. The predicted molar refractivity (Wildman–Crippen MR) is 278 cm³/mol. The van der Waals surface area contributed by atoms with Crippen LogP contribution in [0.5, 0.6) is 0 Å². The first-order valence-corrected chi connectivity index (χ1v) is 22.7. The fraction of sp³-hybridized carbons (Fsp3) is 0.0476. The molecule has 65 heavy (non-hydrogen) atoms. The second-order valence-electron chi connectivity index (χ2n) is 18.1. The van der Waals surface area contributed by atoms with E-state index in [9.17, 15) is 0 Å². The lowest BCUT2D eigenvalue weighted by molar-refractivity contribution is 0.666. The third-order valence-corrected chi connectivity index (χ3v) is 14.1. The zero-order chi connectivity index (χ0) is 43.2. The normalized spacial score (nSPS) is 12.9. The molecule has 13 rings (SSSR count). The molecule has 0 unspecified atom stereocenters. The van der Waals surface area contributed by atoms with E-state index in [0.29, 0.717) is 0 Å². The first-order valence-electron chi connectivity index (χ1n) is 22.7. The summed E-state index contributed by atoms with van der Waals surface area (Å²) < 4.78 is 0. The molecule has 1 aliphatic rings. The molecule has 0 spiro atoms. The van der Waals surface area contributed by atoms with E-state index >= 15 is 0 Å². The predicted octanol–water partition coefficient (Wildman–Crippen LogP) is 17.8. The van der Waals surface area contributed by atoms with Gasteiger partial charge in [-0.25, -0.2) is 0 Å². The summed E-state index contributed by atoms with van der Waals surface area (Å²) in [6.45, 7) is 4.87. The van der Waals surface area contributed by atoms with Crippen molar-refractivity contribution >= 4 is 88.0 Å². The fourth-order valence-electron chi connectivity index (χ4n) is 11.1. The number of fused-ring (bicyclic) bond motifs is 7. The molecule has 0 amide bonds. The van der Waals surface area contributed by atoms with Crippen molar-refractivity contribution in [2.75, 3.05) is 9.80 Å². The Morgan fingerprint density at radius 3 is 1.43 bits per heavy atom. The van der Waals surface area contributed by atoms with Gasteiger partial charge in [0.1, 0.15) is 0 Å². The second kappa shape index (κ2) is 14.4. The van der Waals surface area contributed by atoms with Gasteiger partial charge in [-0.2, -0.15) is 0 Å². The van der Waals surface area contributed by atoms with Crippen molar-refractivity contribution in [2.45, 2.75) is 19.3 Å². The molecule has 0 radical (unpaired) electrons. The van der Waals surface area contributed by atoms with Crippen LogP contribution in [0.1, 0.15) is 25.0 Å². The Hall–Kier alpha value is -8.20. The van der Waals surface area contributed by atoms with E-state index in [1.54, 1.807) is 0 Å². The van der Waals surface area contributed by atoms with Crippen molar-refractivity contribution in [3.8, 4) is 22.3 Å². The highest BCUT2D eigenvalue weighted by Gasteiger charge is 2.39. The van der Waals surface area contributed by atoms with E-state index in [1.165, 1.54) is 87.2 Å². The number of para-hydroxylation sites is 2. The topological polar surface area (TPSA) is 6.48 Å². The van der Waals surface area contributed by atoms with E-state index in [-0.39, 0.29) is 5.41 Å². The Kier molecular flexibility index (Phi) is 8.29. The van der Waals surface area contributed by atoms with Gasteiger partial charge in [0.05, 0.1) is 0 Å². The summed E-state index contributed by atoms with van der Waals surface area (Å²) in [6, 6.07) is 85.0. The summed E-state index contributed by atoms with van der Waals surface area (Å²) in [5.41, 5.74) is 14.5. The standard InChI is InChI=1S/C63H44N2/c1-63(2)58-40-52(65(50-33-27-41-15-9-11-17-44(41)37-50)51-34-28-42-16-10-12-18-45(42)38-51)35-36-54(58)61-55-25-13-19-46-39-57(53-24-14-26-56(62(61)63)60(53)59(46)55)43-29-31-49(32-30-43)64(47-20-5-3-6-21-47)48-22-7-4-8-23-48/h3-40H,1-2H3. The van der Waals surface area contributed by atoms with E-state index in [4.69, 9.17) is 0 Å². The average Bonchev–Trinajstić information content (AvgIpc) is 3.60. The molecular formula is C63H44N2. The molecule has 2 heteroatoms. The van der Waals surface area contributed by atoms with Gasteiger partial charge in [0.2, 0.25) is 0 Å². The smallest absolute Gasteiger partial charge is 0.0468 e. The van der Waals surface area contributed by atoms with E-state index in [1.807, 2.05) is 0 Å². The van der Waals surface area contributed by atoms with Crippen molar-refractivity contribution in [1.82, 2.24) is 0 Å². The Morgan fingerprint density at radius 2 is 0.785 bits per heavy atom. The number of anilines is 6. The molecule has 12 aromatic carbocycles. The van der Waals surface area contributed by atoms with Gasteiger partial charge >= 0.3 is 0 Å². The highest BCUT2D eigenvalue weighted by Crippen LogP contribution is 2.57. The lowest BCUT2D eigenvalue weighted by Gasteiger charge is -2.29. The van der Waals surface area contributed by atoms with Crippen LogP contribution in [0.25, 0.3) is 76.1 Å². The molecule has 0 saturated carbocycles. The van der Waals surface area contributed by atoms with Crippen molar-refractivity contribution in [1.29, 1.82) is 0 Å². The molecule has 0 aliphatic heterocycles. The van der Waals surface area contributed by atoms with Gasteiger partial charge < -0.3 is 9.80 Å². The van der Waals surface area contributed by atoms with Gasteiger partial charge in [-0.1, -0.05) is 166 Å². The maximum absolute atomic E-state index is 2.48. The van der Waals surface area contributed by atoms with Crippen LogP contribution in [0, 0.1) is 0 Å². The summed E-state index contributed by atoms with van der Waals surface area (Å²) >= 11 is 0. The molecule has 306 valence electrons. The molecule has 0 bridgehead atoms. The van der Waals surface area contributed by atoms with Gasteiger partial charge in [-0.3, -0.25) is 0 Å². The van der Waals surface area contributed by atoms with Crippen molar-refractivity contribution < 1.29 is 0 Å². The Labute approximate surface area is 379 Å². The molecule has 0 fully saturated rings. The SMILES string of the molecule is CC1(C)c2cc(N(c3ccc4ccccc4c3)c3ccc4ccccc4c3)ccc2-c2c1c1cccc3c(-c4ccc(N(c5ccccc5)c5ccccc5)cc4)cc4cccc2c4c31.